The topological polar surface area (TPSA) is 43.8 Å². The van der Waals surface area contributed by atoms with Gasteiger partial charge in [0.2, 0.25) is 0 Å². The second-order valence-electron chi connectivity index (χ2n) is 3.86. The van der Waals surface area contributed by atoms with Crippen LogP contribution in [0.4, 0.5) is 5.82 Å². The second-order valence-corrected chi connectivity index (χ2v) is 3.86. The van der Waals surface area contributed by atoms with Crippen molar-refractivity contribution in [2.24, 2.45) is 0 Å². The van der Waals surface area contributed by atoms with Crippen molar-refractivity contribution in [3.63, 3.8) is 0 Å². The van der Waals surface area contributed by atoms with Gasteiger partial charge in [0.1, 0.15) is 5.82 Å². The summed E-state index contributed by atoms with van der Waals surface area (Å²) in [5.41, 5.74) is 9.27. The highest BCUT2D eigenvalue weighted by molar-refractivity contribution is 5.32. The number of rotatable bonds is 2. The zero-order valence-corrected chi connectivity index (χ0v) is 9.07. The fourth-order valence-electron chi connectivity index (χ4n) is 1.68. The lowest BCUT2D eigenvalue weighted by atomic mass is 10.1. The molecule has 0 aliphatic rings. The van der Waals surface area contributed by atoms with Gasteiger partial charge >= 0.3 is 0 Å². The molecule has 1 aromatic carbocycles. The maximum Gasteiger partial charge on any atom is 0.122 e. The van der Waals surface area contributed by atoms with Crippen molar-refractivity contribution in [3.05, 3.63) is 47.2 Å². The van der Waals surface area contributed by atoms with Gasteiger partial charge in [-0.15, -0.1) is 0 Å². The average molecular weight is 201 g/mol. The van der Waals surface area contributed by atoms with Crippen LogP contribution in [0.2, 0.25) is 0 Å². The summed E-state index contributed by atoms with van der Waals surface area (Å²) in [6, 6.07) is 10.3. The van der Waals surface area contributed by atoms with E-state index in [1.54, 1.807) is 0 Å². The molecule has 0 radical (unpaired) electrons. The Labute approximate surface area is 89.5 Å². The van der Waals surface area contributed by atoms with Crippen LogP contribution in [0.15, 0.2) is 30.3 Å². The van der Waals surface area contributed by atoms with E-state index in [4.69, 9.17) is 5.73 Å². The van der Waals surface area contributed by atoms with Gasteiger partial charge in [-0.05, 0) is 19.4 Å². The lowest BCUT2D eigenvalue weighted by Crippen LogP contribution is -2.05. The fourth-order valence-corrected chi connectivity index (χ4v) is 1.68. The minimum absolute atomic E-state index is 0.717. The molecule has 0 bridgehead atoms. The molecule has 3 nitrogen and oxygen atoms in total. The van der Waals surface area contributed by atoms with Crippen molar-refractivity contribution in [2.45, 2.75) is 20.4 Å². The fraction of sp³-hybridized carbons (Fsp3) is 0.250. The van der Waals surface area contributed by atoms with Crippen LogP contribution in [0, 0.1) is 13.8 Å². The number of anilines is 1. The molecular weight excluding hydrogens is 186 g/mol. The van der Waals surface area contributed by atoms with Crippen molar-refractivity contribution in [3.8, 4) is 0 Å². The Balaban J connectivity index is 2.25. The van der Waals surface area contributed by atoms with Gasteiger partial charge in [-0.3, -0.25) is 0 Å². The van der Waals surface area contributed by atoms with E-state index in [1.807, 2.05) is 17.7 Å². The summed E-state index contributed by atoms with van der Waals surface area (Å²) in [4.78, 5) is 0. The molecule has 0 amide bonds. The minimum atomic E-state index is 0.717. The van der Waals surface area contributed by atoms with E-state index in [0.717, 1.165) is 12.2 Å². The van der Waals surface area contributed by atoms with Crippen LogP contribution in [0.3, 0.4) is 0 Å². The Bertz CT molecular complexity index is 471. The first kappa shape index (κ1) is 9.77. The number of aryl methyl sites for hydroxylation is 2. The number of benzene rings is 1. The zero-order chi connectivity index (χ0) is 10.8. The van der Waals surface area contributed by atoms with Crippen molar-refractivity contribution >= 4 is 5.82 Å². The van der Waals surface area contributed by atoms with Gasteiger partial charge in [0, 0.05) is 6.07 Å². The van der Waals surface area contributed by atoms with Crippen molar-refractivity contribution < 1.29 is 0 Å². The molecule has 2 aromatic rings. The molecule has 78 valence electrons. The molecule has 0 unspecified atom stereocenters. The molecule has 0 aliphatic carbocycles. The van der Waals surface area contributed by atoms with Crippen LogP contribution in [-0.4, -0.2) is 9.78 Å². The summed E-state index contributed by atoms with van der Waals surface area (Å²) in [5, 5.41) is 4.33. The van der Waals surface area contributed by atoms with Gasteiger partial charge < -0.3 is 5.73 Å². The Hall–Kier alpha value is -1.77. The Morgan fingerprint density at radius 3 is 2.67 bits per heavy atom. The number of nitrogens with zero attached hydrogens (tertiary/aromatic N) is 2. The summed E-state index contributed by atoms with van der Waals surface area (Å²) in [6.07, 6.45) is 0. The van der Waals surface area contributed by atoms with Crippen molar-refractivity contribution in [2.75, 3.05) is 5.73 Å². The monoisotopic (exact) mass is 201 g/mol. The van der Waals surface area contributed by atoms with Gasteiger partial charge in [-0.1, -0.05) is 29.8 Å². The minimum Gasteiger partial charge on any atom is -0.384 e. The predicted octanol–water partition coefficient (Wildman–Crippen LogP) is 2.13. The first-order valence-corrected chi connectivity index (χ1v) is 5.00. The first-order chi connectivity index (χ1) is 7.15. The van der Waals surface area contributed by atoms with Crippen molar-refractivity contribution in [1.82, 2.24) is 9.78 Å². The molecule has 0 spiro atoms. The molecule has 2 N–H and O–H groups in total. The number of nitrogen functional groups attached to an aromatic ring is 1. The molecule has 0 saturated carbocycles. The van der Waals surface area contributed by atoms with E-state index in [0.29, 0.717) is 5.82 Å². The van der Waals surface area contributed by atoms with Gasteiger partial charge in [0.05, 0.1) is 12.2 Å². The van der Waals surface area contributed by atoms with E-state index in [9.17, 15) is 0 Å². The number of nitrogens with two attached hydrogens (primary N) is 1. The van der Waals surface area contributed by atoms with Crippen molar-refractivity contribution in [1.29, 1.82) is 0 Å². The van der Waals surface area contributed by atoms with E-state index in [-0.39, 0.29) is 0 Å². The molecule has 0 saturated heterocycles. The quantitative estimate of drug-likeness (QED) is 0.808. The van der Waals surface area contributed by atoms with E-state index < -0.39 is 0 Å². The molecule has 2 rings (SSSR count). The molecular formula is C12H15N3. The lowest BCUT2D eigenvalue weighted by Gasteiger charge is -2.04. The van der Waals surface area contributed by atoms with Gasteiger partial charge in [-0.25, -0.2) is 4.68 Å². The van der Waals surface area contributed by atoms with Crippen LogP contribution >= 0.6 is 0 Å². The molecule has 1 aromatic heterocycles. The van der Waals surface area contributed by atoms with E-state index >= 15 is 0 Å². The van der Waals surface area contributed by atoms with Gasteiger partial charge in [0.15, 0.2) is 0 Å². The summed E-state index contributed by atoms with van der Waals surface area (Å²) < 4.78 is 1.82. The third kappa shape index (κ3) is 2.18. The maximum atomic E-state index is 5.83. The molecule has 0 aliphatic heterocycles. The number of hydrogen-bond acceptors (Lipinski definition) is 2. The Morgan fingerprint density at radius 1 is 1.27 bits per heavy atom. The highest BCUT2D eigenvalue weighted by atomic mass is 15.3. The molecule has 0 atom stereocenters. The maximum absolute atomic E-state index is 5.83. The molecule has 3 heteroatoms. The largest absolute Gasteiger partial charge is 0.384 e. The summed E-state index contributed by atoms with van der Waals surface area (Å²) >= 11 is 0. The van der Waals surface area contributed by atoms with Gasteiger partial charge in [-0.2, -0.15) is 5.10 Å². The normalized spacial score (nSPS) is 10.5. The molecule has 0 fully saturated rings. The van der Waals surface area contributed by atoms with Crippen LogP contribution in [-0.2, 0) is 6.54 Å². The number of aromatic nitrogens is 2. The van der Waals surface area contributed by atoms with Gasteiger partial charge in [0.25, 0.3) is 0 Å². The number of hydrogen-bond donors (Lipinski definition) is 1. The van der Waals surface area contributed by atoms with E-state index in [1.165, 1.54) is 11.1 Å². The SMILES string of the molecule is Cc1cccc(Cn2nc(C)cc2N)c1. The second kappa shape index (κ2) is 3.77. The molecule has 15 heavy (non-hydrogen) atoms. The zero-order valence-electron chi connectivity index (χ0n) is 9.07. The highest BCUT2D eigenvalue weighted by Gasteiger charge is 2.02. The van der Waals surface area contributed by atoms with Crippen LogP contribution in [0.25, 0.3) is 0 Å². The highest BCUT2D eigenvalue weighted by Crippen LogP contribution is 2.10. The Kier molecular flexibility index (Phi) is 2.46. The standard InChI is InChI=1S/C12H15N3/c1-9-4-3-5-11(6-9)8-15-12(13)7-10(2)14-15/h3-7H,8,13H2,1-2H3. The summed E-state index contributed by atoms with van der Waals surface area (Å²) in [7, 11) is 0. The smallest absolute Gasteiger partial charge is 0.122 e. The van der Waals surface area contributed by atoms with Crippen LogP contribution in [0.1, 0.15) is 16.8 Å². The third-order valence-electron chi connectivity index (χ3n) is 2.35. The summed E-state index contributed by atoms with van der Waals surface area (Å²) in [6.45, 7) is 4.77. The summed E-state index contributed by atoms with van der Waals surface area (Å²) in [5.74, 6) is 0.717. The first-order valence-electron chi connectivity index (χ1n) is 5.00. The van der Waals surface area contributed by atoms with E-state index in [2.05, 4.69) is 36.3 Å². The van der Waals surface area contributed by atoms with Crippen LogP contribution in [0.5, 0.6) is 0 Å². The third-order valence-corrected chi connectivity index (χ3v) is 2.35. The lowest BCUT2D eigenvalue weighted by molar-refractivity contribution is 0.689. The Morgan fingerprint density at radius 2 is 2.07 bits per heavy atom. The molecule has 1 heterocycles. The average Bonchev–Trinajstić information content (AvgIpc) is 2.45. The van der Waals surface area contributed by atoms with Crippen LogP contribution < -0.4 is 5.73 Å². The predicted molar refractivity (Wildman–Crippen MR) is 61.7 cm³/mol.